The summed E-state index contributed by atoms with van der Waals surface area (Å²) in [6, 6.07) is 18.3. The number of carbonyl (C=O) groups is 1. The molecule has 0 aliphatic carbocycles. The van der Waals surface area contributed by atoms with E-state index in [1.54, 1.807) is 6.07 Å². The molecule has 1 saturated heterocycles. The highest BCUT2D eigenvalue weighted by molar-refractivity contribution is 6.34. The van der Waals surface area contributed by atoms with Gasteiger partial charge in [-0.25, -0.2) is 0 Å². The summed E-state index contributed by atoms with van der Waals surface area (Å²) in [6.07, 6.45) is 0. The van der Waals surface area contributed by atoms with Crippen molar-refractivity contribution in [1.29, 1.82) is 0 Å². The number of hydrogen-bond donors (Lipinski definition) is 2. The van der Waals surface area contributed by atoms with Gasteiger partial charge >= 0.3 is 0 Å². The van der Waals surface area contributed by atoms with Crippen LogP contribution in [0.3, 0.4) is 0 Å². The molecule has 6 nitrogen and oxygen atoms in total. The Kier molecular flexibility index (Phi) is 8.07. The Morgan fingerprint density at radius 3 is 2.31 bits per heavy atom. The number of nitrogen functional groups attached to an aromatic ring is 1. The fourth-order valence-corrected chi connectivity index (χ4v) is 5.00. The number of nitrogens with two attached hydrogens (primary N) is 1. The molecule has 1 amide bonds. The maximum atomic E-state index is 12.9. The van der Waals surface area contributed by atoms with Gasteiger partial charge in [0.15, 0.2) is 0 Å². The van der Waals surface area contributed by atoms with Crippen LogP contribution in [0.15, 0.2) is 54.6 Å². The number of halogens is 1. The van der Waals surface area contributed by atoms with Crippen molar-refractivity contribution >= 4 is 34.6 Å². The van der Waals surface area contributed by atoms with E-state index in [-0.39, 0.29) is 5.91 Å². The van der Waals surface area contributed by atoms with Crippen LogP contribution in [0.2, 0.25) is 5.02 Å². The van der Waals surface area contributed by atoms with E-state index >= 15 is 0 Å². The molecular formula is C29H36ClN5O. The largest absolute Gasteiger partial charge is 0.397 e. The van der Waals surface area contributed by atoms with E-state index in [4.69, 9.17) is 17.3 Å². The topological polar surface area (TPSA) is 64.8 Å². The lowest BCUT2D eigenvalue weighted by Crippen LogP contribution is -2.47. The molecule has 0 atom stereocenters. The number of nitrogens with one attached hydrogen (secondary N) is 1. The smallest absolute Gasteiger partial charge is 0.253 e. The molecular weight excluding hydrogens is 470 g/mol. The Hall–Kier alpha value is -3.22. The first kappa shape index (κ1) is 25.9. The van der Waals surface area contributed by atoms with E-state index in [1.165, 1.54) is 22.4 Å². The predicted molar refractivity (Wildman–Crippen MR) is 151 cm³/mol. The highest BCUT2D eigenvalue weighted by Crippen LogP contribution is 2.32. The minimum absolute atomic E-state index is 0.226. The van der Waals surface area contributed by atoms with Crippen molar-refractivity contribution in [3.63, 3.8) is 0 Å². The Balaban J connectivity index is 1.40. The van der Waals surface area contributed by atoms with Gasteiger partial charge in [-0.15, -0.1) is 0 Å². The van der Waals surface area contributed by atoms with Gasteiger partial charge < -0.3 is 25.8 Å². The van der Waals surface area contributed by atoms with Gasteiger partial charge in [0.05, 0.1) is 22.0 Å². The number of hydrogen-bond acceptors (Lipinski definition) is 5. The lowest BCUT2D eigenvalue weighted by atomic mass is 10.1. The Morgan fingerprint density at radius 2 is 1.61 bits per heavy atom. The molecule has 3 aromatic rings. The highest BCUT2D eigenvalue weighted by Gasteiger charge is 2.22. The molecule has 0 spiro atoms. The second kappa shape index (κ2) is 11.2. The molecule has 1 fully saturated rings. The van der Waals surface area contributed by atoms with Crippen LogP contribution in [-0.2, 0) is 13.1 Å². The van der Waals surface area contributed by atoms with Gasteiger partial charge in [-0.3, -0.25) is 4.79 Å². The van der Waals surface area contributed by atoms with Crippen molar-refractivity contribution < 1.29 is 4.79 Å². The van der Waals surface area contributed by atoms with Gasteiger partial charge in [0, 0.05) is 45.0 Å². The molecule has 4 rings (SSSR count). The van der Waals surface area contributed by atoms with Gasteiger partial charge in [-0.05, 0) is 68.4 Å². The predicted octanol–water partition coefficient (Wildman–Crippen LogP) is 4.86. The number of carbonyl (C=O) groups excluding carboxylic acids is 1. The summed E-state index contributed by atoms with van der Waals surface area (Å²) in [5, 5.41) is 3.40. The van der Waals surface area contributed by atoms with Crippen molar-refractivity contribution in [3.05, 3.63) is 87.4 Å². The molecule has 0 unspecified atom stereocenters. The summed E-state index contributed by atoms with van der Waals surface area (Å²) in [4.78, 5) is 19.7. The van der Waals surface area contributed by atoms with Gasteiger partial charge in [0.25, 0.3) is 5.91 Å². The molecule has 1 heterocycles. The number of nitrogens with zero attached hydrogens (tertiary/aromatic N) is 3. The molecule has 0 aromatic heterocycles. The van der Waals surface area contributed by atoms with E-state index in [0.29, 0.717) is 22.8 Å². The molecule has 1 aliphatic rings. The summed E-state index contributed by atoms with van der Waals surface area (Å²) < 4.78 is 0. The molecule has 0 radical (unpaired) electrons. The molecule has 0 saturated carbocycles. The average Bonchev–Trinajstić information content (AvgIpc) is 2.85. The van der Waals surface area contributed by atoms with Crippen LogP contribution < -0.4 is 20.9 Å². The maximum absolute atomic E-state index is 12.9. The summed E-state index contributed by atoms with van der Waals surface area (Å²) >= 11 is 6.58. The Bertz CT molecular complexity index is 1230. The van der Waals surface area contributed by atoms with Crippen molar-refractivity contribution in [3.8, 4) is 0 Å². The van der Waals surface area contributed by atoms with E-state index in [1.807, 2.05) is 32.3 Å². The van der Waals surface area contributed by atoms with Crippen LogP contribution in [0, 0.1) is 13.8 Å². The van der Waals surface area contributed by atoms with Gasteiger partial charge in [-0.2, -0.15) is 0 Å². The third kappa shape index (κ3) is 6.12. The van der Waals surface area contributed by atoms with Crippen LogP contribution >= 0.6 is 11.6 Å². The van der Waals surface area contributed by atoms with Gasteiger partial charge in [-0.1, -0.05) is 48.0 Å². The second-order valence-corrected chi connectivity index (χ2v) is 10.3. The lowest BCUT2D eigenvalue weighted by molar-refractivity contribution is 0.0951. The fraction of sp³-hybridized carbons (Fsp3) is 0.345. The first-order valence-corrected chi connectivity index (χ1v) is 12.8. The van der Waals surface area contributed by atoms with Gasteiger partial charge in [0.1, 0.15) is 0 Å². The third-order valence-corrected chi connectivity index (χ3v) is 6.94. The zero-order chi connectivity index (χ0) is 25.8. The standard InChI is InChI=1S/C29H36ClN5O/c1-20-8-9-21(2)27(14-20)34-10-12-35(13-11-34)28-17-25(30)24(16-26(28)31)29(36)32-18-22-6-5-7-23(15-22)19-33(3)4/h5-9,14-17H,10-13,18-19,31H2,1-4H3,(H,32,36). The monoisotopic (exact) mass is 505 g/mol. The lowest BCUT2D eigenvalue weighted by Gasteiger charge is -2.38. The van der Waals surface area contributed by atoms with Crippen LogP contribution in [0.25, 0.3) is 0 Å². The first-order valence-electron chi connectivity index (χ1n) is 12.4. The number of piperazine rings is 1. The van der Waals surface area contributed by atoms with Crippen molar-refractivity contribution in [2.75, 3.05) is 55.8 Å². The highest BCUT2D eigenvalue weighted by atomic mass is 35.5. The SMILES string of the molecule is Cc1ccc(C)c(N2CCN(c3cc(Cl)c(C(=O)NCc4cccc(CN(C)C)c4)cc3N)CC2)c1. The minimum atomic E-state index is -0.226. The molecule has 36 heavy (non-hydrogen) atoms. The van der Waals surface area contributed by atoms with E-state index in [0.717, 1.165) is 44.0 Å². The minimum Gasteiger partial charge on any atom is -0.397 e. The average molecular weight is 506 g/mol. The number of amides is 1. The van der Waals surface area contributed by atoms with Crippen LogP contribution in [0.4, 0.5) is 17.1 Å². The number of aryl methyl sites for hydroxylation is 2. The zero-order valence-electron chi connectivity index (χ0n) is 21.6. The van der Waals surface area contributed by atoms with E-state index < -0.39 is 0 Å². The van der Waals surface area contributed by atoms with Crippen LogP contribution in [-0.4, -0.2) is 51.1 Å². The normalized spacial score (nSPS) is 13.8. The van der Waals surface area contributed by atoms with Crippen LogP contribution in [0.5, 0.6) is 0 Å². The molecule has 190 valence electrons. The second-order valence-electron chi connectivity index (χ2n) is 9.90. The molecule has 1 aliphatic heterocycles. The third-order valence-electron chi connectivity index (χ3n) is 6.63. The molecule has 0 bridgehead atoms. The summed E-state index contributed by atoms with van der Waals surface area (Å²) in [7, 11) is 4.07. The van der Waals surface area contributed by atoms with E-state index in [9.17, 15) is 4.79 Å². The first-order chi connectivity index (χ1) is 17.2. The number of anilines is 3. The Labute approximate surface area is 219 Å². The van der Waals surface area contributed by atoms with E-state index in [2.05, 4.69) is 64.2 Å². The maximum Gasteiger partial charge on any atom is 0.253 e. The molecule has 7 heteroatoms. The summed E-state index contributed by atoms with van der Waals surface area (Å²) in [5.74, 6) is -0.226. The summed E-state index contributed by atoms with van der Waals surface area (Å²) in [6.45, 7) is 9.03. The summed E-state index contributed by atoms with van der Waals surface area (Å²) in [5.41, 5.74) is 14.4. The fourth-order valence-electron chi connectivity index (χ4n) is 4.76. The van der Waals surface area contributed by atoms with Crippen LogP contribution in [0.1, 0.15) is 32.6 Å². The zero-order valence-corrected chi connectivity index (χ0v) is 22.4. The number of rotatable bonds is 7. The van der Waals surface area contributed by atoms with Gasteiger partial charge in [0.2, 0.25) is 0 Å². The van der Waals surface area contributed by atoms with Crippen molar-refractivity contribution in [1.82, 2.24) is 10.2 Å². The van der Waals surface area contributed by atoms with Crippen molar-refractivity contribution in [2.45, 2.75) is 26.9 Å². The van der Waals surface area contributed by atoms with Crippen molar-refractivity contribution in [2.24, 2.45) is 0 Å². The quantitative estimate of drug-likeness (QED) is 0.449. The Morgan fingerprint density at radius 1 is 0.944 bits per heavy atom. The number of benzene rings is 3. The molecule has 3 aromatic carbocycles. The molecule has 3 N–H and O–H groups in total.